The maximum atomic E-state index is 11.7. The van der Waals surface area contributed by atoms with Crippen molar-refractivity contribution in [3.05, 3.63) is 21.8 Å². The number of carbonyl (C=O) groups excluding carboxylic acids is 1. The first kappa shape index (κ1) is 15.8. The van der Waals surface area contributed by atoms with Crippen molar-refractivity contribution in [2.24, 2.45) is 5.92 Å². The number of carbonyl (C=O) groups is 1. The minimum absolute atomic E-state index is 0.351. The summed E-state index contributed by atoms with van der Waals surface area (Å²) in [6.07, 6.45) is 1.47. The number of nitrogens with zero attached hydrogens (tertiary/aromatic N) is 1. The Morgan fingerprint density at radius 1 is 1.47 bits per heavy atom. The van der Waals surface area contributed by atoms with E-state index in [9.17, 15) is 14.9 Å². The van der Waals surface area contributed by atoms with Gasteiger partial charge in [0.2, 0.25) is 0 Å². The van der Waals surface area contributed by atoms with Crippen LogP contribution in [0.15, 0.2) is 11.6 Å². The molecule has 7 heteroatoms. The van der Waals surface area contributed by atoms with E-state index in [0.29, 0.717) is 6.42 Å². The Labute approximate surface area is 114 Å². The quantitative estimate of drug-likeness (QED) is 0.260. The molecule has 108 valence electrons. The van der Waals surface area contributed by atoms with Gasteiger partial charge in [-0.3, -0.25) is 14.9 Å². The molecule has 0 aromatic carbocycles. The van der Waals surface area contributed by atoms with Crippen molar-refractivity contribution in [3.63, 3.8) is 0 Å². The van der Waals surface area contributed by atoms with Gasteiger partial charge in [0.15, 0.2) is 8.32 Å². The van der Waals surface area contributed by atoms with Crippen LogP contribution in [0.5, 0.6) is 0 Å². The number of methoxy groups -OCH3 is 1. The number of rotatable bonds is 4. The molecule has 0 aromatic heterocycles. The Balaban J connectivity index is 3.08. The van der Waals surface area contributed by atoms with E-state index in [-0.39, 0.29) is 0 Å². The molecule has 1 aliphatic rings. The molecule has 0 saturated carbocycles. The molecule has 0 aromatic rings. The highest BCUT2D eigenvalue weighted by Gasteiger charge is 2.47. The molecule has 0 amide bonds. The minimum Gasteiger partial charge on any atom is -0.469 e. The van der Waals surface area contributed by atoms with Gasteiger partial charge in [-0.05, 0) is 33.0 Å². The molecule has 0 spiro atoms. The number of ether oxygens (including phenoxy) is 1. The van der Waals surface area contributed by atoms with Crippen LogP contribution >= 0.6 is 0 Å². The van der Waals surface area contributed by atoms with Crippen molar-refractivity contribution >= 4 is 14.3 Å². The van der Waals surface area contributed by atoms with Crippen LogP contribution in [0.2, 0.25) is 19.6 Å². The molecule has 1 aliphatic carbocycles. The van der Waals surface area contributed by atoms with Crippen molar-refractivity contribution in [3.8, 4) is 0 Å². The zero-order chi connectivity index (χ0) is 14.8. The molecule has 0 aliphatic heterocycles. The average molecular weight is 287 g/mol. The molecule has 6 nitrogen and oxygen atoms in total. The summed E-state index contributed by atoms with van der Waals surface area (Å²) in [5.41, 5.74) is 0.928. The topological polar surface area (TPSA) is 78.7 Å². The molecule has 19 heavy (non-hydrogen) atoms. The van der Waals surface area contributed by atoms with Crippen molar-refractivity contribution < 1.29 is 18.9 Å². The second-order valence-electron chi connectivity index (χ2n) is 5.82. The van der Waals surface area contributed by atoms with E-state index in [0.717, 1.165) is 5.57 Å². The van der Waals surface area contributed by atoms with E-state index in [1.54, 1.807) is 6.08 Å². The average Bonchev–Trinajstić information content (AvgIpc) is 2.24. The SMILES string of the molecule is COC(=O)[C@H]1CC(C)=C[C@H](O[Si](C)(C)C)[C@@H]1[N+](=O)[O-]. The summed E-state index contributed by atoms with van der Waals surface area (Å²) in [5.74, 6) is -1.32. The molecule has 1 rings (SSSR count). The lowest BCUT2D eigenvalue weighted by atomic mass is 9.83. The fourth-order valence-electron chi connectivity index (χ4n) is 2.30. The van der Waals surface area contributed by atoms with Crippen molar-refractivity contribution in [2.45, 2.75) is 45.1 Å². The summed E-state index contributed by atoms with van der Waals surface area (Å²) in [6, 6.07) is -1.07. The standard InChI is InChI=1S/C12H21NO5Si/c1-8-6-9(12(14)17-2)11(13(15)16)10(7-8)18-19(3,4)5/h7,9-11H,6H2,1-5H3/t9-,10-,11+/m0/s1. The van der Waals surface area contributed by atoms with Crippen molar-refractivity contribution in [2.75, 3.05) is 7.11 Å². The Morgan fingerprint density at radius 2 is 2.05 bits per heavy atom. The molecule has 0 heterocycles. The van der Waals surface area contributed by atoms with Crippen molar-refractivity contribution in [1.29, 1.82) is 0 Å². The van der Waals surface area contributed by atoms with Gasteiger partial charge in [0.1, 0.15) is 12.0 Å². The Kier molecular flexibility index (Phi) is 4.86. The van der Waals surface area contributed by atoms with Crippen molar-refractivity contribution in [1.82, 2.24) is 0 Å². The Hall–Kier alpha value is -1.21. The lowest BCUT2D eigenvalue weighted by Gasteiger charge is -2.32. The monoisotopic (exact) mass is 287 g/mol. The Bertz CT molecular complexity index is 401. The van der Waals surface area contributed by atoms with Gasteiger partial charge in [-0.1, -0.05) is 11.6 Å². The molecule has 0 N–H and O–H groups in total. The summed E-state index contributed by atoms with van der Waals surface area (Å²) in [4.78, 5) is 22.6. The number of hydrogen-bond acceptors (Lipinski definition) is 5. The van der Waals surface area contributed by atoms with E-state index < -0.39 is 37.3 Å². The zero-order valence-corrected chi connectivity index (χ0v) is 13.0. The predicted molar refractivity (Wildman–Crippen MR) is 72.9 cm³/mol. The summed E-state index contributed by atoms with van der Waals surface area (Å²) >= 11 is 0. The highest BCUT2D eigenvalue weighted by molar-refractivity contribution is 6.69. The summed E-state index contributed by atoms with van der Waals surface area (Å²) in [7, 11) is -0.686. The third-order valence-electron chi connectivity index (χ3n) is 2.98. The number of nitro groups is 1. The number of allylic oxidation sites excluding steroid dienone is 1. The first-order chi connectivity index (χ1) is 8.65. The maximum absolute atomic E-state index is 11.7. The maximum Gasteiger partial charge on any atom is 0.316 e. The third-order valence-corrected chi connectivity index (χ3v) is 3.96. The van der Waals surface area contributed by atoms with Crippen LogP contribution in [0.25, 0.3) is 0 Å². The normalized spacial score (nSPS) is 27.6. The van der Waals surface area contributed by atoms with Gasteiger partial charge < -0.3 is 9.16 Å². The molecule has 0 unspecified atom stereocenters. The molecular weight excluding hydrogens is 266 g/mol. The van der Waals surface area contributed by atoms with Gasteiger partial charge in [-0.15, -0.1) is 0 Å². The first-order valence-electron chi connectivity index (χ1n) is 6.22. The van der Waals surface area contributed by atoms with E-state index in [2.05, 4.69) is 4.74 Å². The Morgan fingerprint density at radius 3 is 2.47 bits per heavy atom. The van der Waals surface area contributed by atoms with Crippen LogP contribution in [0.1, 0.15) is 13.3 Å². The molecule has 0 fully saturated rings. The van der Waals surface area contributed by atoms with Crippen LogP contribution in [0.4, 0.5) is 0 Å². The molecule has 3 atom stereocenters. The van der Waals surface area contributed by atoms with Gasteiger partial charge in [0.05, 0.1) is 7.11 Å². The van der Waals surface area contributed by atoms with E-state index in [1.807, 2.05) is 26.6 Å². The van der Waals surface area contributed by atoms with Gasteiger partial charge in [-0.25, -0.2) is 0 Å². The van der Waals surface area contributed by atoms with E-state index in [1.165, 1.54) is 7.11 Å². The fourth-order valence-corrected chi connectivity index (χ4v) is 3.32. The third kappa shape index (κ3) is 4.14. The van der Waals surface area contributed by atoms with Gasteiger partial charge in [0.25, 0.3) is 6.04 Å². The number of esters is 1. The molecule has 0 saturated heterocycles. The molecule has 0 radical (unpaired) electrons. The van der Waals surface area contributed by atoms with Gasteiger partial charge in [-0.2, -0.15) is 0 Å². The van der Waals surface area contributed by atoms with Crippen LogP contribution in [-0.2, 0) is 14.0 Å². The highest BCUT2D eigenvalue weighted by Crippen LogP contribution is 2.30. The summed E-state index contributed by atoms with van der Waals surface area (Å²) in [6.45, 7) is 7.76. The van der Waals surface area contributed by atoms with Gasteiger partial charge >= 0.3 is 5.97 Å². The zero-order valence-electron chi connectivity index (χ0n) is 12.0. The van der Waals surface area contributed by atoms with E-state index >= 15 is 0 Å². The largest absolute Gasteiger partial charge is 0.469 e. The molecule has 0 bridgehead atoms. The summed E-state index contributed by atoms with van der Waals surface area (Å²) in [5, 5.41) is 11.3. The van der Waals surface area contributed by atoms with E-state index in [4.69, 9.17) is 4.43 Å². The smallest absolute Gasteiger partial charge is 0.316 e. The van der Waals surface area contributed by atoms with Crippen LogP contribution < -0.4 is 0 Å². The first-order valence-corrected chi connectivity index (χ1v) is 9.63. The second kappa shape index (κ2) is 5.83. The van der Waals surface area contributed by atoms with Crippen LogP contribution in [0.3, 0.4) is 0 Å². The summed E-state index contributed by atoms with van der Waals surface area (Å²) < 4.78 is 10.5. The minimum atomic E-state index is -1.94. The lowest BCUT2D eigenvalue weighted by molar-refractivity contribution is -0.538. The highest BCUT2D eigenvalue weighted by atomic mass is 28.4. The van der Waals surface area contributed by atoms with Crippen LogP contribution in [-0.4, -0.2) is 38.5 Å². The second-order valence-corrected chi connectivity index (χ2v) is 10.3. The number of hydrogen-bond donors (Lipinski definition) is 0. The van der Waals surface area contributed by atoms with Crippen LogP contribution in [0, 0.1) is 16.0 Å². The van der Waals surface area contributed by atoms with Gasteiger partial charge in [0, 0.05) is 4.92 Å². The molecular formula is C12H21NO5Si. The lowest BCUT2D eigenvalue weighted by Crippen LogP contribution is -2.50. The fraction of sp³-hybridized carbons (Fsp3) is 0.750. The predicted octanol–water partition coefficient (Wildman–Crippen LogP) is 1.99.